The number of hydrogen-bond acceptors (Lipinski definition) is 12. The quantitative estimate of drug-likeness (QED) is 0.0684. The molecule has 302 valence electrons. The van der Waals surface area contributed by atoms with E-state index in [1.165, 1.54) is 7.11 Å². The van der Waals surface area contributed by atoms with Crippen molar-refractivity contribution >= 4 is 5.97 Å². The zero-order valence-corrected chi connectivity index (χ0v) is 31.6. The van der Waals surface area contributed by atoms with E-state index in [9.17, 15) is 20.5 Å². The first-order chi connectivity index (χ1) is 27.9. The van der Waals surface area contributed by atoms with Crippen molar-refractivity contribution in [3.8, 4) is 5.75 Å². The minimum Gasteiger partial charge on any atom is -0.497 e. The van der Waals surface area contributed by atoms with Gasteiger partial charge in [-0.05, 0) is 39.9 Å². The van der Waals surface area contributed by atoms with E-state index in [4.69, 9.17) is 42.6 Å². The van der Waals surface area contributed by atoms with Crippen molar-refractivity contribution < 1.29 is 57.6 Å². The Morgan fingerprint density at radius 1 is 0.684 bits per heavy atom. The highest BCUT2D eigenvalue weighted by atomic mass is 16.7. The number of aliphatic hydroxyl groups is 1. The molecule has 0 aliphatic carbocycles. The van der Waals surface area contributed by atoms with Crippen LogP contribution in [0.3, 0.4) is 0 Å². The molecule has 6 rings (SSSR count). The van der Waals surface area contributed by atoms with Crippen molar-refractivity contribution in [1.29, 1.82) is 0 Å². The second-order valence-electron chi connectivity index (χ2n) is 13.5. The summed E-state index contributed by atoms with van der Waals surface area (Å²) >= 11 is 0. The van der Waals surface area contributed by atoms with Crippen LogP contribution in [-0.4, -0.2) is 98.4 Å². The SMILES string of the molecule is COc1ccc(CO[C@H]2[C@H](OCc3ccccc3)[C@@H](N=[N+]=[N-])[C@@H](O[C@H]3[C@H](OCc4ccccc4)[C@@H](O)[C@H](OC)O[C@H]3C(=O)O)O[C@@H]2COCc2ccccc2)cc1. The number of carbonyl (C=O) groups is 1. The highest BCUT2D eigenvalue weighted by molar-refractivity contribution is 5.73. The molecule has 10 atom stereocenters. The lowest BCUT2D eigenvalue weighted by atomic mass is 9.95. The van der Waals surface area contributed by atoms with E-state index in [-0.39, 0.29) is 33.0 Å². The van der Waals surface area contributed by atoms with Crippen molar-refractivity contribution in [3.63, 3.8) is 0 Å². The molecular weight excluding hydrogens is 738 g/mol. The van der Waals surface area contributed by atoms with Crippen LogP contribution in [0.25, 0.3) is 10.4 Å². The van der Waals surface area contributed by atoms with E-state index in [2.05, 4.69) is 10.0 Å². The second kappa shape index (κ2) is 21.0. The largest absolute Gasteiger partial charge is 0.497 e. The van der Waals surface area contributed by atoms with E-state index in [1.807, 2.05) is 115 Å². The minimum atomic E-state index is -1.70. The lowest BCUT2D eigenvalue weighted by Gasteiger charge is -2.48. The summed E-state index contributed by atoms with van der Waals surface area (Å²) in [5.74, 6) is -0.725. The molecule has 2 aliphatic heterocycles. The van der Waals surface area contributed by atoms with Crippen LogP contribution >= 0.6 is 0 Å². The molecule has 2 N–H and O–H groups in total. The maximum Gasteiger partial charge on any atom is 0.335 e. The standard InChI is InChI=1S/C42H47N3O12/c1-49-31-20-18-30(19-21-31)25-52-35-32(26-51-22-27-12-6-3-7-13-27)55-41(33(44-45-43)36(35)53-23-28-14-8-4-9-15-28)56-38-37(54-24-29-16-10-5-11-17-29)34(46)42(50-2)57-39(38)40(47)48/h3-21,32-39,41-42,46H,22-26H2,1-2H3,(H,47,48)/t32-,33-,34-,35-,36-,37-,38+,39-,41-,42-/m1/s1. The monoisotopic (exact) mass is 785 g/mol. The van der Waals surface area contributed by atoms with Crippen molar-refractivity contribution in [1.82, 2.24) is 0 Å². The Morgan fingerprint density at radius 2 is 1.21 bits per heavy atom. The third-order valence-corrected chi connectivity index (χ3v) is 9.65. The predicted octanol–water partition coefficient (Wildman–Crippen LogP) is 5.57. The summed E-state index contributed by atoms with van der Waals surface area (Å²) in [6.45, 7) is 0.421. The maximum absolute atomic E-state index is 12.8. The number of aliphatic carboxylic acids is 1. The van der Waals surface area contributed by atoms with Crippen LogP contribution in [-0.2, 0) is 69.1 Å². The smallest absolute Gasteiger partial charge is 0.335 e. The fraction of sp³-hybridized carbons (Fsp3) is 0.405. The normalized spacial score (nSPS) is 27.3. The highest BCUT2D eigenvalue weighted by Crippen LogP contribution is 2.35. The van der Waals surface area contributed by atoms with Crippen molar-refractivity contribution in [2.24, 2.45) is 5.11 Å². The Balaban J connectivity index is 1.35. The van der Waals surface area contributed by atoms with Gasteiger partial charge in [-0.1, -0.05) is 108 Å². The Hall–Kier alpha value is -4.90. The lowest BCUT2D eigenvalue weighted by molar-refractivity contribution is -0.347. The van der Waals surface area contributed by atoms with Crippen molar-refractivity contribution in [2.45, 2.75) is 87.8 Å². The molecule has 57 heavy (non-hydrogen) atoms. The predicted molar refractivity (Wildman–Crippen MR) is 203 cm³/mol. The molecule has 0 aromatic heterocycles. The summed E-state index contributed by atoms with van der Waals surface area (Å²) < 4.78 is 55.0. The van der Waals surface area contributed by atoms with Gasteiger partial charge in [0.25, 0.3) is 0 Å². The highest BCUT2D eigenvalue weighted by Gasteiger charge is 2.54. The van der Waals surface area contributed by atoms with Crippen LogP contribution in [0.5, 0.6) is 5.75 Å². The number of ether oxygens (including phenoxy) is 9. The molecule has 0 saturated carbocycles. The van der Waals surface area contributed by atoms with Gasteiger partial charge in [-0.2, -0.15) is 0 Å². The Bertz CT molecular complexity index is 1850. The average molecular weight is 786 g/mol. The molecule has 2 heterocycles. The van der Waals surface area contributed by atoms with Gasteiger partial charge in [0.05, 0.1) is 40.1 Å². The summed E-state index contributed by atoms with van der Waals surface area (Å²) in [4.78, 5) is 15.9. The zero-order chi connectivity index (χ0) is 40.0. The van der Waals surface area contributed by atoms with E-state index in [1.54, 1.807) is 7.11 Å². The summed E-state index contributed by atoms with van der Waals surface area (Å²) in [5.41, 5.74) is 13.3. The number of nitrogens with zero attached hydrogens (tertiary/aromatic N) is 3. The van der Waals surface area contributed by atoms with Gasteiger partial charge >= 0.3 is 5.97 Å². The molecule has 15 heteroatoms. The van der Waals surface area contributed by atoms with E-state index in [0.717, 1.165) is 22.3 Å². The molecule has 0 bridgehead atoms. The Kier molecular flexibility index (Phi) is 15.4. The van der Waals surface area contributed by atoms with Gasteiger partial charge in [0.1, 0.15) is 48.4 Å². The summed E-state index contributed by atoms with van der Waals surface area (Å²) in [5, 5.41) is 25.9. The molecule has 2 fully saturated rings. The van der Waals surface area contributed by atoms with Gasteiger partial charge in [0.15, 0.2) is 18.7 Å². The van der Waals surface area contributed by atoms with Gasteiger partial charge in [0, 0.05) is 12.0 Å². The van der Waals surface area contributed by atoms with Crippen LogP contribution < -0.4 is 4.74 Å². The third-order valence-electron chi connectivity index (χ3n) is 9.65. The minimum absolute atomic E-state index is 0.00343. The topological polar surface area (TPSA) is 189 Å². The number of hydrogen-bond donors (Lipinski definition) is 2. The first kappa shape index (κ1) is 41.7. The Morgan fingerprint density at radius 3 is 1.74 bits per heavy atom. The number of carboxylic acid groups (broad SMARTS) is 1. The summed E-state index contributed by atoms with van der Waals surface area (Å²) in [6.07, 6.45) is -11.6. The van der Waals surface area contributed by atoms with Crippen LogP contribution in [0.1, 0.15) is 22.3 Å². The van der Waals surface area contributed by atoms with E-state index >= 15 is 0 Å². The lowest BCUT2D eigenvalue weighted by Crippen LogP contribution is -2.66. The van der Waals surface area contributed by atoms with Crippen LogP contribution in [0.15, 0.2) is 120 Å². The number of azide groups is 1. The summed E-state index contributed by atoms with van der Waals surface area (Å²) in [6, 6.07) is 34.3. The number of methoxy groups -OCH3 is 2. The Labute approximate surface area is 330 Å². The molecule has 4 aromatic carbocycles. The van der Waals surface area contributed by atoms with Crippen LogP contribution in [0.4, 0.5) is 0 Å². The molecule has 0 amide bonds. The first-order valence-corrected chi connectivity index (χ1v) is 18.5. The maximum atomic E-state index is 12.8. The van der Waals surface area contributed by atoms with Gasteiger partial charge in [-0.15, -0.1) is 0 Å². The molecule has 0 unspecified atom stereocenters. The average Bonchev–Trinajstić information content (AvgIpc) is 3.24. The molecule has 2 aliphatic rings. The molecule has 2 saturated heterocycles. The molecule has 4 aromatic rings. The molecule has 0 spiro atoms. The third kappa shape index (κ3) is 11.2. The molecule has 15 nitrogen and oxygen atoms in total. The van der Waals surface area contributed by atoms with Gasteiger partial charge in [-0.3, -0.25) is 0 Å². The second-order valence-corrected chi connectivity index (χ2v) is 13.5. The number of aliphatic hydroxyl groups excluding tert-OH is 1. The molecular formula is C42H47N3O12. The fourth-order valence-corrected chi connectivity index (χ4v) is 6.74. The summed E-state index contributed by atoms with van der Waals surface area (Å²) in [7, 11) is 2.87. The van der Waals surface area contributed by atoms with Gasteiger partial charge < -0.3 is 52.8 Å². The van der Waals surface area contributed by atoms with Gasteiger partial charge in [0.2, 0.25) is 0 Å². The number of rotatable bonds is 19. The number of benzene rings is 4. The van der Waals surface area contributed by atoms with Crippen LogP contribution in [0, 0.1) is 0 Å². The first-order valence-electron chi connectivity index (χ1n) is 18.5. The van der Waals surface area contributed by atoms with Gasteiger partial charge in [-0.25, -0.2) is 4.79 Å². The van der Waals surface area contributed by atoms with Crippen molar-refractivity contribution in [2.75, 3.05) is 20.8 Å². The van der Waals surface area contributed by atoms with Crippen molar-refractivity contribution in [3.05, 3.63) is 148 Å². The fourth-order valence-electron chi connectivity index (χ4n) is 6.74. The zero-order valence-electron chi connectivity index (χ0n) is 31.6. The number of carboxylic acids is 1. The van der Waals surface area contributed by atoms with E-state index in [0.29, 0.717) is 5.75 Å². The van der Waals surface area contributed by atoms with E-state index < -0.39 is 67.3 Å². The molecule has 0 radical (unpaired) electrons. The van der Waals surface area contributed by atoms with Crippen LogP contribution in [0.2, 0.25) is 0 Å².